The molecule has 88 valence electrons. The molecule has 0 amide bonds. The molecule has 1 heterocycles. The molecule has 0 aliphatic rings. The van der Waals surface area contributed by atoms with Crippen LogP contribution in [0.15, 0.2) is 34.7 Å². The van der Waals surface area contributed by atoms with Gasteiger partial charge in [-0.25, -0.2) is 9.18 Å². The predicted octanol–water partition coefficient (Wildman–Crippen LogP) is 3.05. The molecule has 2 aromatic rings. The van der Waals surface area contributed by atoms with E-state index in [9.17, 15) is 13.6 Å². The average Bonchev–Trinajstić information content (AvgIpc) is 2.73. The molecule has 0 spiro atoms. The van der Waals surface area contributed by atoms with E-state index in [0.29, 0.717) is 0 Å². The van der Waals surface area contributed by atoms with E-state index in [-0.39, 0.29) is 17.5 Å². The summed E-state index contributed by atoms with van der Waals surface area (Å²) < 4.78 is 35.6. The summed E-state index contributed by atoms with van der Waals surface area (Å²) in [5, 5.41) is 8.58. The molecule has 0 aliphatic heterocycles. The minimum absolute atomic E-state index is 0.230. The SMILES string of the molecule is O=C(O)c1ccc(Oc2cccc(F)c2F)o1. The van der Waals surface area contributed by atoms with E-state index in [0.717, 1.165) is 12.1 Å². The van der Waals surface area contributed by atoms with Gasteiger partial charge >= 0.3 is 5.97 Å². The highest BCUT2D eigenvalue weighted by molar-refractivity contribution is 5.84. The third-order valence-corrected chi connectivity index (χ3v) is 1.92. The van der Waals surface area contributed by atoms with Gasteiger partial charge in [0.2, 0.25) is 11.6 Å². The fraction of sp³-hybridized carbons (Fsp3) is 0. The van der Waals surface area contributed by atoms with Crippen molar-refractivity contribution in [1.82, 2.24) is 0 Å². The fourth-order valence-corrected chi connectivity index (χ4v) is 1.16. The number of ether oxygens (including phenoxy) is 1. The number of halogens is 2. The van der Waals surface area contributed by atoms with Crippen LogP contribution in [0.2, 0.25) is 0 Å². The molecule has 0 unspecified atom stereocenters. The second kappa shape index (κ2) is 4.25. The third-order valence-electron chi connectivity index (χ3n) is 1.92. The molecule has 4 nitrogen and oxygen atoms in total. The summed E-state index contributed by atoms with van der Waals surface area (Å²) in [5.74, 6) is -4.46. The Hall–Kier alpha value is -2.37. The maximum atomic E-state index is 13.2. The average molecular weight is 240 g/mol. The first-order valence-corrected chi connectivity index (χ1v) is 4.53. The molecule has 2 rings (SSSR count). The summed E-state index contributed by atoms with van der Waals surface area (Å²) in [6.45, 7) is 0. The summed E-state index contributed by atoms with van der Waals surface area (Å²) in [5.41, 5.74) is 0. The maximum absolute atomic E-state index is 13.2. The Morgan fingerprint density at radius 3 is 2.65 bits per heavy atom. The Morgan fingerprint density at radius 2 is 2.00 bits per heavy atom. The first kappa shape index (κ1) is 11.1. The lowest BCUT2D eigenvalue weighted by molar-refractivity contribution is 0.0657. The van der Waals surface area contributed by atoms with Crippen LogP contribution in [0.1, 0.15) is 10.6 Å². The molecule has 0 atom stereocenters. The molecule has 0 aliphatic carbocycles. The molecule has 1 N–H and O–H groups in total. The number of rotatable bonds is 3. The standard InChI is InChI=1S/C11H6F2O4/c12-6-2-1-3-7(10(6)13)16-9-5-4-8(17-9)11(14)15/h1-5H,(H,14,15). The van der Waals surface area contributed by atoms with Crippen LogP contribution in [-0.4, -0.2) is 11.1 Å². The van der Waals surface area contributed by atoms with E-state index in [2.05, 4.69) is 0 Å². The fourth-order valence-electron chi connectivity index (χ4n) is 1.16. The molecular weight excluding hydrogens is 234 g/mol. The molecule has 0 saturated carbocycles. The third kappa shape index (κ3) is 2.25. The van der Waals surface area contributed by atoms with Crippen molar-refractivity contribution in [3.05, 3.63) is 47.7 Å². The van der Waals surface area contributed by atoms with Crippen molar-refractivity contribution < 1.29 is 27.8 Å². The number of hydrogen-bond acceptors (Lipinski definition) is 3. The zero-order valence-electron chi connectivity index (χ0n) is 8.31. The predicted molar refractivity (Wildman–Crippen MR) is 52.1 cm³/mol. The first-order valence-electron chi connectivity index (χ1n) is 4.53. The molecule has 1 aromatic carbocycles. The van der Waals surface area contributed by atoms with Gasteiger partial charge in [0.1, 0.15) is 0 Å². The Morgan fingerprint density at radius 1 is 1.24 bits per heavy atom. The molecular formula is C11H6F2O4. The number of benzene rings is 1. The molecule has 0 bridgehead atoms. The van der Waals surface area contributed by atoms with E-state index < -0.39 is 17.6 Å². The van der Waals surface area contributed by atoms with Crippen LogP contribution in [0, 0.1) is 11.6 Å². The second-order valence-corrected chi connectivity index (χ2v) is 3.08. The smallest absolute Gasteiger partial charge is 0.371 e. The van der Waals surface area contributed by atoms with Crippen LogP contribution in [0.3, 0.4) is 0 Å². The van der Waals surface area contributed by atoms with Crippen molar-refractivity contribution in [3.63, 3.8) is 0 Å². The van der Waals surface area contributed by atoms with Crippen LogP contribution in [0.4, 0.5) is 8.78 Å². The van der Waals surface area contributed by atoms with Crippen molar-refractivity contribution >= 4 is 5.97 Å². The van der Waals surface area contributed by atoms with Crippen molar-refractivity contribution in [2.24, 2.45) is 0 Å². The summed E-state index contributed by atoms with van der Waals surface area (Å²) >= 11 is 0. The minimum atomic E-state index is -1.28. The van der Waals surface area contributed by atoms with Crippen molar-refractivity contribution in [3.8, 4) is 11.7 Å². The Labute approximate surface area is 94.0 Å². The highest BCUT2D eigenvalue weighted by atomic mass is 19.2. The zero-order chi connectivity index (χ0) is 12.4. The lowest BCUT2D eigenvalue weighted by Crippen LogP contribution is -1.92. The highest BCUT2D eigenvalue weighted by Crippen LogP contribution is 2.27. The number of aromatic carboxylic acids is 1. The normalized spacial score (nSPS) is 10.2. The summed E-state index contributed by atoms with van der Waals surface area (Å²) in [6, 6.07) is 5.74. The molecule has 17 heavy (non-hydrogen) atoms. The molecule has 6 heteroatoms. The van der Waals surface area contributed by atoms with Gasteiger partial charge in [0.05, 0.1) is 0 Å². The number of carbonyl (C=O) groups is 1. The van der Waals surface area contributed by atoms with E-state index >= 15 is 0 Å². The molecule has 0 saturated heterocycles. The van der Waals surface area contributed by atoms with E-state index in [1.54, 1.807) is 0 Å². The second-order valence-electron chi connectivity index (χ2n) is 3.08. The van der Waals surface area contributed by atoms with Gasteiger partial charge in [0, 0.05) is 6.07 Å². The Kier molecular flexibility index (Phi) is 2.78. The van der Waals surface area contributed by atoms with Crippen molar-refractivity contribution in [2.45, 2.75) is 0 Å². The van der Waals surface area contributed by atoms with Gasteiger partial charge in [0.25, 0.3) is 5.95 Å². The van der Waals surface area contributed by atoms with E-state index in [1.807, 2.05) is 0 Å². The van der Waals surface area contributed by atoms with Crippen LogP contribution in [0.25, 0.3) is 0 Å². The zero-order valence-corrected chi connectivity index (χ0v) is 8.31. The van der Waals surface area contributed by atoms with Gasteiger partial charge in [-0.1, -0.05) is 6.07 Å². The maximum Gasteiger partial charge on any atom is 0.371 e. The monoisotopic (exact) mass is 240 g/mol. The van der Waals surface area contributed by atoms with Gasteiger partial charge < -0.3 is 14.3 Å². The van der Waals surface area contributed by atoms with Gasteiger partial charge in [-0.3, -0.25) is 0 Å². The number of carboxylic acid groups (broad SMARTS) is 1. The number of furan rings is 1. The van der Waals surface area contributed by atoms with Gasteiger partial charge in [-0.05, 0) is 18.2 Å². The summed E-state index contributed by atoms with van der Waals surface area (Å²) in [4.78, 5) is 10.5. The van der Waals surface area contributed by atoms with E-state index in [1.165, 1.54) is 18.2 Å². The summed E-state index contributed by atoms with van der Waals surface area (Å²) in [6.07, 6.45) is 0. The van der Waals surface area contributed by atoms with Crippen molar-refractivity contribution in [2.75, 3.05) is 0 Å². The van der Waals surface area contributed by atoms with Gasteiger partial charge in [-0.2, -0.15) is 4.39 Å². The van der Waals surface area contributed by atoms with Crippen LogP contribution >= 0.6 is 0 Å². The Balaban J connectivity index is 2.25. The summed E-state index contributed by atoms with van der Waals surface area (Å²) in [7, 11) is 0. The molecule has 0 radical (unpaired) electrons. The van der Waals surface area contributed by atoms with Crippen molar-refractivity contribution in [1.29, 1.82) is 0 Å². The highest BCUT2D eigenvalue weighted by Gasteiger charge is 2.14. The van der Waals surface area contributed by atoms with Crippen LogP contribution in [-0.2, 0) is 0 Å². The topological polar surface area (TPSA) is 59.7 Å². The molecule has 0 fully saturated rings. The quantitative estimate of drug-likeness (QED) is 0.895. The Bertz CT molecular complexity index is 562. The van der Waals surface area contributed by atoms with Crippen LogP contribution in [0.5, 0.6) is 11.7 Å². The first-order chi connectivity index (χ1) is 8.08. The van der Waals surface area contributed by atoms with E-state index in [4.69, 9.17) is 14.3 Å². The lowest BCUT2D eigenvalue weighted by Gasteiger charge is -2.03. The van der Waals surface area contributed by atoms with Gasteiger partial charge in [-0.15, -0.1) is 0 Å². The molecule has 1 aromatic heterocycles. The number of hydrogen-bond donors (Lipinski definition) is 1. The van der Waals surface area contributed by atoms with Crippen LogP contribution < -0.4 is 4.74 Å². The van der Waals surface area contributed by atoms with Gasteiger partial charge in [0.15, 0.2) is 11.6 Å². The minimum Gasteiger partial charge on any atom is -0.475 e. The lowest BCUT2D eigenvalue weighted by atomic mass is 10.3. The number of carboxylic acids is 1. The largest absolute Gasteiger partial charge is 0.475 e.